The highest BCUT2D eigenvalue weighted by Gasteiger charge is 2.28. The molecule has 4 rings (SSSR count). The van der Waals surface area contributed by atoms with Gasteiger partial charge in [-0.15, -0.1) is 0 Å². The molecule has 31 heavy (non-hydrogen) atoms. The third-order valence-electron chi connectivity index (χ3n) is 5.62. The van der Waals surface area contributed by atoms with Crippen LogP contribution in [0.4, 0.5) is 5.82 Å². The molecule has 0 unspecified atom stereocenters. The highest BCUT2D eigenvalue weighted by molar-refractivity contribution is 5.97. The highest BCUT2D eigenvalue weighted by Crippen LogP contribution is 2.31. The van der Waals surface area contributed by atoms with E-state index < -0.39 is 0 Å². The number of aromatic nitrogens is 2. The monoisotopic (exact) mass is 416 g/mol. The molecular formula is C25H28N4O2. The Bertz CT molecular complexity index is 1070. The first-order valence-corrected chi connectivity index (χ1v) is 10.7. The summed E-state index contributed by atoms with van der Waals surface area (Å²) in [5, 5.41) is 0. The second-order valence-corrected chi connectivity index (χ2v) is 7.76. The highest BCUT2D eigenvalue weighted by atomic mass is 16.5. The molecule has 1 aromatic heterocycles. The van der Waals surface area contributed by atoms with Crippen molar-refractivity contribution in [1.29, 1.82) is 0 Å². The van der Waals surface area contributed by atoms with Crippen LogP contribution in [0.15, 0.2) is 54.6 Å². The van der Waals surface area contributed by atoms with Gasteiger partial charge in [0, 0.05) is 37.7 Å². The summed E-state index contributed by atoms with van der Waals surface area (Å²) in [6.07, 6.45) is 1.71. The number of carbonyl (C=O) groups excluding carboxylic acids is 1. The topological polar surface area (TPSA) is 58.6 Å². The Hall–Kier alpha value is -3.41. The van der Waals surface area contributed by atoms with Crippen molar-refractivity contribution < 1.29 is 9.53 Å². The van der Waals surface area contributed by atoms with E-state index in [1.165, 1.54) is 0 Å². The Labute approximate surface area is 183 Å². The van der Waals surface area contributed by atoms with Crippen molar-refractivity contribution >= 4 is 11.7 Å². The van der Waals surface area contributed by atoms with Crippen molar-refractivity contribution in [3.8, 4) is 17.1 Å². The quantitative estimate of drug-likeness (QED) is 0.603. The van der Waals surface area contributed by atoms with Gasteiger partial charge < -0.3 is 14.5 Å². The lowest BCUT2D eigenvalue weighted by Crippen LogP contribution is -2.38. The van der Waals surface area contributed by atoms with Gasteiger partial charge in [-0.05, 0) is 18.6 Å². The van der Waals surface area contributed by atoms with Gasteiger partial charge >= 0.3 is 0 Å². The second-order valence-electron chi connectivity index (χ2n) is 7.76. The van der Waals surface area contributed by atoms with Gasteiger partial charge in [0.05, 0.1) is 24.9 Å². The van der Waals surface area contributed by atoms with Crippen molar-refractivity contribution in [3.05, 3.63) is 71.4 Å². The van der Waals surface area contributed by atoms with Crippen LogP contribution < -0.4 is 9.64 Å². The average Bonchev–Trinajstić information content (AvgIpc) is 2.83. The predicted molar refractivity (Wildman–Crippen MR) is 122 cm³/mol. The number of carbonyl (C=O) groups is 1. The Kier molecular flexibility index (Phi) is 6.16. The van der Waals surface area contributed by atoms with E-state index in [-0.39, 0.29) is 5.91 Å². The van der Waals surface area contributed by atoms with Crippen molar-refractivity contribution in [3.63, 3.8) is 0 Å². The number of nitrogens with zero attached hydrogens (tertiary/aromatic N) is 4. The number of anilines is 1. The van der Waals surface area contributed by atoms with Crippen molar-refractivity contribution in [1.82, 2.24) is 14.9 Å². The van der Waals surface area contributed by atoms with Crippen LogP contribution in [0.25, 0.3) is 11.4 Å². The van der Waals surface area contributed by atoms with Gasteiger partial charge in [0.1, 0.15) is 11.6 Å². The van der Waals surface area contributed by atoms with Crippen LogP contribution in [0.3, 0.4) is 0 Å². The molecule has 0 saturated heterocycles. The summed E-state index contributed by atoms with van der Waals surface area (Å²) in [5.41, 5.74) is 3.64. The maximum absolute atomic E-state index is 13.3. The van der Waals surface area contributed by atoms with E-state index in [0.717, 1.165) is 41.4 Å². The lowest BCUT2D eigenvalue weighted by atomic mass is 10.0. The largest absolute Gasteiger partial charge is 0.496 e. The molecule has 1 aliphatic rings. The maximum atomic E-state index is 13.3. The van der Waals surface area contributed by atoms with Crippen LogP contribution in [0.5, 0.6) is 5.75 Å². The average molecular weight is 417 g/mol. The van der Waals surface area contributed by atoms with Gasteiger partial charge in [-0.2, -0.15) is 0 Å². The zero-order chi connectivity index (χ0) is 21.8. The van der Waals surface area contributed by atoms with Gasteiger partial charge in [-0.25, -0.2) is 9.97 Å². The molecule has 0 spiro atoms. The van der Waals surface area contributed by atoms with Crippen molar-refractivity contribution in [2.75, 3.05) is 32.1 Å². The first-order chi connectivity index (χ1) is 15.1. The number of rotatable bonds is 6. The summed E-state index contributed by atoms with van der Waals surface area (Å²) in [4.78, 5) is 27.1. The molecule has 1 amide bonds. The summed E-state index contributed by atoms with van der Waals surface area (Å²) in [6.45, 7) is 4.15. The van der Waals surface area contributed by atoms with E-state index in [1.807, 2.05) is 59.5 Å². The van der Waals surface area contributed by atoms with Crippen molar-refractivity contribution in [2.24, 2.45) is 0 Å². The predicted octanol–water partition coefficient (Wildman–Crippen LogP) is 4.20. The smallest absolute Gasteiger partial charge is 0.257 e. The van der Waals surface area contributed by atoms with Crippen LogP contribution in [-0.2, 0) is 13.0 Å². The second kappa shape index (κ2) is 9.16. The molecule has 0 atom stereocenters. The number of hydrogen-bond acceptors (Lipinski definition) is 5. The minimum Gasteiger partial charge on any atom is -0.496 e. The molecule has 6 nitrogen and oxygen atoms in total. The van der Waals surface area contributed by atoms with Crippen molar-refractivity contribution in [2.45, 2.75) is 26.3 Å². The zero-order valence-electron chi connectivity index (χ0n) is 18.3. The lowest BCUT2D eigenvalue weighted by molar-refractivity contribution is 0.0730. The number of methoxy groups -OCH3 is 1. The molecular weight excluding hydrogens is 388 g/mol. The summed E-state index contributed by atoms with van der Waals surface area (Å²) in [6, 6.07) is 17.4. The third-order valence-corrected chi connectivity index (χ3v) is 5.62. The Morgan fingerprint density at radius 3 is 2.58 bits per heavy atom. The van der Waals surface area contributed by atoms with E-state index in [0.29, 0.717) is 30.8 Å². The Balaban J connectivity index is 1.71. The summed E-state index contributed by atoms with van der Waals surface area (Å²) in [7, 11) is 3.65. The van der Waals surface area contributed by atoms with Gasteiger partial charge in [0.15, 0.2) is 5.82 Å². The number of benzene rings is 2. The molecule has 2 heterocycles. The fourth-order valence-corrected chi connectivity index (χ4v) is 4.04. The summed E-state index contributed by atoms with van der Waals surface area (Å²) < 4.78 is 5.40. The number of hydrogen-bond donors (Lipinski definition) is 0. The number of para-hydroxylation sites is 1. The summed E-state index contributed by atoms with van der Waals surface area (Å²) in [5.74, 6) is 2.21. The van der Waals surface area contributed by atoms with Crippen LogP contribution in [0.2, 0.25) is 0 Å². The molecule has 0 bridgehead atoms. The number of ether oxygens (including phenoxy) is 1. The standard InChI is InChI=1S/C25H28N4O2/c1-4-15-28(2)24-20-17-29(25(30)19-12-8-9-13-22(19)31-3)16-14-21(20)26-23(27-24)18-10-6-5-7-11-18/h5-13H,4,14-17H2,1-3H3. The van der Waals surface area contributed by atoms with Gasteiger partial charge in [0.2, 0.25) is 0 Å². The van der Waals surface area contributed by atoms with E-state index in [2.05, 4.69) is 18.9 Å². The van der Waals surface area contributed by atoms with E-state index in [4.69, 9.17) is 14.7 Å². The molecule has 160 valence electrons. The lowest BCUT2D eigenvalue weighted by Gasteiger charge is -2.32. The minimum atomic E-state index is -0.0284. The van der Waals surface area contributed by atoms with Gasteiger partial charge in [0.25, 0.3) is 5.91 Å². The molecule has 1 aliphatic heterocycles. The number of amides is 1. The van der Waals surface area contributed by atoms with Gasteiger partial charge in [-0.3, -0.25) is 4.79 Å². The summed E-state index contributed by atoms with van der Waals surface area (Å²) >= 11 is 0. The Morgan fingerprint density at radius 1 is 1.10 bits per heavy atom. The molecule has 3 aromatic rings. The third kappa shape index (κ3) is 4.24. The normalized spacial score (nSPS) is 12.9. The molecule has 6 heteroatoms. The van der Waals surface area contributed by atoms with E-state index in [9.17, 15) is 4.79 Å². The SMILES string of the molecule is CCCN(C)c1nc(-c2ccccc2)nc2c1CN(C(=O)c1ccccc1OC)CC2. The Morgan fingerprint density at radius 2 is 1.84 bits per heavy atom. The van der Waals surface area contributed by atoms with E-state index in [1.54, 1.807) is 7.11 Å². The zero-order valence-corrected chi connectivity index (χ0v) is 18.3. The molecule has 0 radical (unpaired) electrons. The fourth-order valence-electron chi connectivity index (χ4n) is 4.04. The molecule has 0 N–H and O–H groups in total. The van der Waals surface area contributed by atoms with Crippen LogP contribution in [-0.4, -0.2) is 48.0 Å². The molecule has 0 fully saturated rings. The first kappa shape index (κ1) is 20.8. The van der Waals surface area contributed by atoms with Crippen LogP contribution in [0, 0.1) is 0 Å². The van der Waals surface area contributed by atoms with Crippen LogP contribution in [0.1, 0.15) is 35.0 Å². The molecule has 0 saturated carbocycles. The molecule has 2 aromatic carbocycles. The first-order valence-electron chi connectivity index (χ1n) is 10.7. The maximum Gasteiger partial charge on any atom is 0.257 e. The fraction of sp³-hybridized carbons (Fsp3) is 0.320. The van der Waals surface area contributed by atoms with Gasteiger partial charge in [-0.1, -0.05) is 49.4 Å². The molecule has 0 aliphatic carbocycles. The van der Waals surface area contributed by atoms with E-state index >= 15 is 0 Å². The minimum absolute atomic E-state index is 0.0284. The van der Waals surface area contributed by atoms with Crippen LogP contribution >= 0.6 is 0 Å². The number of fused-ring (bicyclic) bond motifs is 1.